The van der Waals surface area contributed by atoms with Gasteiger partial charge in [0.05, 0.1) is 25.5 Å². The summed E-state index contributed by atoms with van der Waals surface area (Å²) in [6.45, 7) is 2.03. The predicted molar refractivity (Wildman–Crippen MR) is 96.8 cm³/mol. The lowest BCUT2D eigenvalue weighted by molar-refractivity contribution is 0.0820. The summed E-state index contributed by atoms with van der Waals surface area (Å²) < 4.78 is 10.4. The largest absolute Gasteiger partial charge is 0.495 e. The third-order valence-electron chi connectivity index (χ3n) is 3.45. The van der Waals surface area contributed by atoms with Crippen LogP contribution in [0.3, 0.4) is 0 Å². The number of halogens is 1. The summed E-state index contributed by atoms with van der Waals surface area (Å²) in [6, 6.07) is 4.03. The Hall–Kier alpha value is -1.49. The van der Waals surface area contributed by atoms with Crippen molar-refractivity contribution in [2.45, 2.75) is 19.4 Å². The Bertz CT molecular complexity index is 564. The third kappa shape index (κ3) is 5.90. The number of ether oxygens (including phenoxy) is 2. The van der Waals surface area contributed by atoms with E-state index in [0.29, 0.717) is 10.8 Å². The molecular weight excluding hydrogens is 314 g/mol. The first kappa shape index (κ1) is 19.6. The average Bonchev–Trinajstić information content (AvgIpc) is 2.52. The molecule has 0 spiro atoms. The highest BCUT2D eigenvalue weighted by Crippen LogP contribution is 2.35. The number of anilines is 1. The molecule has 5 heteroatoms. The minimum atomic E-state index is -0.269. The van der Waals surface area contributed by atoms with E-state index in [9.17, 15) is 0 Å². The molecule has 128 valence electrons. The molecule has 0 aliphatic rings. The van der Waals surface area contributed by atoms with Gasteiger partial charge < -0.3 is 19.5 Å². The summed E-state index contributed by atoms with van der Waals surface area (Å²) in [6.07, 6.45) is 6.26. The number of hydrogen-bond donors (Lipinski definition) is 1. The maximum atomic E-state index is 9.06. The van der Waals surface area contributed by atoms with E-state index in [-0.39, 0.29) is 12.7 Å². The molecule has 1 rings (SSSR count). The molecule has 0 heterocycles. The zero-order chi connectivity index (χ0) is 17.4. The van der Waals surface area contributed by atoms with Gasteiger partial charge in [-0.2, -0.15) is 0 Å². The molecule has 1 aromatic rings. The van der Waals surface area contributed by atoms with Crippen LogP contribution in [0.15, 0.2) is 35.9 Å². The number of aliphatic hydroxyl groups is 1. The number of methoxy groups -OCH3 is 2. The van der Waals surface area contributed by atoms with E-state index in [2.05, 4.69) is 13.0 Å². The minimum Gasteiger partial charge on any atom is -0.495 e. The Morgan fingerprint density at radius 2 is 2.04 bits per heavy atom. The lowest BCUT2D eigenvalue weighted by Crippen LogP contribution is -2.11. The van der Waals surface area contributed by atoms with Gasteiger partial charge in [0.1, 0.15) is 10.8 Å². The van der Waals surface area contributed by atoms with E-state index in [4.69, 9.17) is 26.2 Å². The number of allylic oxidation sites excluding steroid dienone is 3. The van der Waals surface area contributed by atoms with Crippen molar-refractivity contribution in [3.8, 4) is 5.75 Å². The van der Waals surface area contributed by atoms with Gasteiger partial charge in [-0.3, -0.25) is 0 Å². The first-order valence-electron chi connectivity index (χ1n) is 7.44. The first-order chi connectivity index (χ1) is 10.9. The molecule has 1 N–H and O–H groups in total. The molecule has 0 saturated heterocycles. The average molecular weight is 340 g/mol. The van der Waals surface area contributed by atoms with E-state index in [0.717, 1.165) is 17.7 Å². The van der Waals surface area contributed by atoms with E-state index in [1.54, 1.807) is 14.2 Å². The van der Waals surface area contributed by atoms with E-state index >= 15 is 0 Å². The molecule has 0 unspecified atom stereocenters. The van der Waals surface area contributed by atoms with Gasteiger partial charge in [0.25, 0.3) is 0 Å². The molecule has 0 fully saturated rings. The molecule has 0 amide bonds. The lowest BCUT2D eigenvalue weighted by atomic mass is 10.0. The highest BCUT2D eigenvalue weighted by Gasteiger charge is 2.11. The second-order valence-corrected chi connectivity index (χ2v) is 5.94. The summed E-state index contributed by atoms with van der Waals surface area (Å²) in [5.41, 5.74) is 3.25. The van der Waals surface area contributed by atoms with Crippen LogP contribution in [0.4, 0.5) is 5.69 Å². The van der Waals surface area contributed by atoms with Gasteiger partial charge in [-0.25, -0.2) is 0 Å². The van der Waals surface area contributed by atoms with Crippen LogP contribution in [0.5, 0.6) is 5.75 Å². The number of aliphatic hydroxyl groups excluding tert-OH is 1. The van der Waals surface area contributed by atoms with Crippen LogP contribution in [-0.2, 0) is 11.2 Å². The number of nitrogens with zero attached hydrogens (tertiary/aromatic N) is 1. The summed E-state index contributed by atoms with van der Waals surface area (Å²) in [5, 5.41) is 9.68. The van der Waals surface area contributed by atoms with Crippen molar-refractivity contribution >= 4 is 17.3 Å². The van der Waals surface area contributed by atoms with Crippen LogP contribution in [0.2, 0.25) is 5.02 Å². The third-order valence-corrected chi connectivity index (χ3v) is 3.83. The second kappa shape index (κ2) is 9.60. The molecule has 0 bridgehead atoms. The van der Waals surface area contributed by atoms with Gasteiger partial charge in [0.15, 0.2) is 0 Å². The Labute approximate surface area is 144 Å². The van der Waals surface area contributed by atoms with Crippen molar-refractivity contribution in [3.05, 3.63) is 46.5 Å². The first-order valence-corrected chi connectivity index (χ1v) is 7.82. The molecule has 0 aliphatic heterocycles. The van der Waals surface area contributed by atoms with Crippen LogP contribution in [0, 0.1) is 0 Å². The van der Waals surface area contributed by atoms with Gasteiger partial charge in [-0.1, -0.05) is 35.4 Å². The normalized spacial score (nSPS) is 13.4. The zero-order valence-electron chi connectivity index (χ0n) is 14.5. The van der Waals surface area contributed by atoms with E-state index < -0.39 is 0 Å². The summed E-state index contributed by atoms with van der Waals surface area (Å²) >= 11 is 6.33. The fraction of sp³-hybridized carbons (Fsp3) is 0.444. The minimum absolute atomic E-state index is 0.0273. The molecule has 23 heavy (non-hydrogen) atoms. The Kier molecular flexibility index (Phi) is 8.17. The Morgan fingerprint density at radius 1 is 1.35 bits per heavy atom. The van der Waals surface area contributed by atoms with Gasteiger partial charge in [0, 0.05) is 21.2 Å². The summed E-state index contributed by atoms with van der Waals surface area (Å²) in [4.78, 5) is 1.97. The topological polar surface area (TPSA) is 41.9 Å². The van der Waals surface area contributed by atoms with Crippen molar-refractivity contribution < 1.29 is 14.6 Å². The summed E-state index contributed by atoms with van der Waals surface area (Å²) in [7, 11) is 7.10. The van der Waals surface area contributed by atoms with Gasteiger partial charge in [-0.15, -0.1) is 0 Å². The molecule has 0 aliphatic carbocycles. The highest BCUT2D eigenvalue weighted by molar-refractivity contribution is 6.34. The zero-order valence-corrected chi connectivity index (χ0v) is 15.2. The van der Waals surface area contributed by atoms with Crippen LogP contribution >= 0.6 is 11.6 Å². The fourth-order valence-electron chi connectivity index (χ4n) is 2.15. The molecule has 4 nitrogen and oxygen atoms in total. The van der Waals surface area contributed by atoms with E-state index in [1.807, 2.05) is 43.3 Å². The van der Waals surface area contributed by atoms with Crippen LogP contribution in [0.1, 0.15) is 12.5 Å². The Morgan fingerprint density at radius 3 is 2.57 bits per heavy atom. The van der Waals surface area contributed by atoms with Gasteiger partial charge in [-0.05, 0) is 31.0 Å². The molecular formula is C18H26ClNO3. The fourth-order valence-corrected chi connectivity index (χ4v) is 2.51. The van der Waals surface area contributed by atoms with Crippen molar-refractivity contribution in [2.75, 3.05) is 39.8 Å². The van der Waals surface area contributed by atoms with Crippen LogP contribution in [0.25, 0.3) is 0 Å². The predicted octanol–water partition coefficient (Wildman–Crippen LogP) is 3.47. The standard InChI is InChI=1S/C18H26ClNO3/c1-13(7-6-8-15(12-21)22-4)9-14-10-16(20(2)3)18(19)17(11-14)23-5/h6-8,10-11,15,21H,9,12H2,1-5H3/b8-6+,13-7+/t15-/m1/s1. The second-order valence-electron chi connectivity index (χ2n) is 5.56. The number of benzene rings is 1. The summed E-state index contributed by atoms with van der Waals surface area (Å²) in [5.74, 6) is 0.677. The highest BCUT2D eigenvalue weighted by atomic mass is 35.5. The van der Waals surface area contributed by atoms with Crippen LogP contribution < -0.4 is 9.64 Å². The van der Waals surface area contributed by atoms with Gasteiger partial charge >= 0.3 is 0 Å². The number of rotatable bonds is 8. The maximum absolute atomic E-state index is 9.06. The van der Waals surface area contributed by atoms with Crippen molar-refractivity contribution in [1.82, 2.24) is 0 Å². The quantitative estimate of drug-likeness (QED) is 0.736. The van der Waals surface area contributed by atoms with E-state index in [1.165, 1.54) is 5.57 Å². The SMILES string of the molecule is COc1cc(C/C(C)=C/C=C/[C@H](CO)OC)cc(N(C)C)c1Cl. The molecule has 1 atom stereocenters. The van der Waals surface area contributed by atoms with Crippen LogP contribution in [-0.4, -0.2) is 46.1 Å². The number of hydrogen-bond acceptors (Lipinski definition) is 4. The molecule has 0 radical (unpaired) electrons. The lowest BCUT2D eigenvalue weighted by Gasteiger charge is -2.18. The smallest absolute Gasteiger partial charge is 0.139 e. The monoisotopic (exact) mass is 339 g/mol. The van der Waals surface area contributed by atoms with Gasteiger partial charge in [0.2, 0.25) is 0 Å². The molecule has 1 aromatic carbocycles. The molecule has 0 aromatic heterocycles. The van der Waals surface area contributed by atoms with Crippen molar-refractivity contribution in [2.24, 2.45) is 0 Å². The Balaban J connectivity index is 2.93. The maximum Gasteiger partial charge on any atom is 0.139 e. The molecule has 0 saturated carbocycles. The van der Waals surface area contributed by atoms with Crippen molar-refractivity contribution in [1.29, 1.82) is 0 Å². The van der Waals surface area contributed by atoms with Crippen molar-refractivity contribution in [3.63, 3.8) is 0 Å².